The van der Waals surface area contributed by atoms with Gasteiger partial charge < -0.3 is 10.1 Å². The van der Waals surface area contributed by atoms with Gasteiger partial charge in [0.05, 0.1) is 30.1 Å². The molecule has 114 valence electrons. The first-order valence-corrected chi connectivity index (χ1v) is 7.43. The number of aryl methyl sites for hydroxylation is 1. The zero-order chi connectivity index (χ0) is 15.2. The average Bonchev–Trinajstić information content (AvgIpc) is 2.83. The van der Waals surface area contributed by atoms with E-state index in [4.69, 9.17) is 16.3 Å². The molecule has 0 saturated heterocycles. The highest BCUT2D eigenvalue weighted by Gasteiger charge is 2.19. The van der Waals surface area contributed by atoms with Crippen LogP contribution < -0.4 is 10.1 Å². The minimum Gasteiger partial charge on any atom is -0.481 e. The van der Waals surface area contributed by atoms with E-state index >= 15 is 0 Å². The minimum absolute atomic E-state index is 0.111. The Morgan fingerprint density at radius 1 is 1.38 bits per heavy atom. The van der Waals surface area contributed by atoms with Gasteiger partial charge in [0.25, 0.3) is 0 Å². The lowest BCUT2D eigenvalue weighted by atomic mass is 10.0. The van der Waals surface area contributed by atoms with Crippen LogP contribution in [0.25, 0.3) is 0 Å². The Morgan fingerprint density at radius 3 is 2.71 bits per heavy atom. The van der Waals surface area contributed by atoms with E-state index in [-0.39, 0.29) is 6.04 Å². The molecule has 0 aliphatic rings. The van der Waals surface area contributed by atoms with Gasteiger partial charge in [-0.2, -0.15) is 5.10 Å². The predicted octanol–water partition coefficient (Wildman–Crippen LogP) is 2.76. The molecule has 1 N–H and O–H groups in total. The molecule has 0 aromatic carbocycles. The van der Waals surface area contributed by atoms with Crippen molar-refractivity contribution in [2.24, 2.45) is 7.05 Å². The van der Waals surface area contributed by atoms with Crippen molar-refractivity contribution in [1.82, 2.24) is 20.1 Å². The Morgan fingerprint density at radius 2 is 2.19 bits per heavy atom. The van der Waals surface area contributed by atoms with Crippen LogP contribution in [-0.2, 0) is 13.5 Å². The normalized spacial score (nSPS) is 12.4. The zero-order valence-corrected chi connectivity index (χ0v) is 13.4. The van der Waals surface area contributed by atoms with Crippen LogP contribution in [0.3, 0.4) is 0 Å². The Bertz CT molecular complexity index is 548. The summed E-state index contributed by atoms with van der Waals surface area (Å²) in [5.74, 6) is 0.621. The molecule has 0 fully saturated rings. The van der Waals surface area contributed by atoms with Crippen molar-refractivity contribution in [2.45, 2.75) is 25.8 Å². The Kier molecular flexibility index (Phi) is 5.59. The van der Waals surface area contributed by atoms with Crippen LogP contribution in [-0.4, -0.2) is 28.4 Å². The molecule has 2 rings (SSSR count). The quantitative estimate of drug-likeness (QED) is 0.854. The molecular formula is C15H21ClN4O. The van der Waals surface area contributed by atoms with Crippen molar-refractivity contribution in [2.75, 3.05) is 13.7 Å². The maximum Gasteiger partial charge on any atom is 0.212 e. The highest BCUT2D eigenvalue weighted by Crippen LogP contribution is 2.25. The Labute approximate surface area is 130 Å². The van der Waals surface area contributed by atoms with E-state index in [9.17, 15) is 0 Å². The summed E-state index contributed by atoms with van der Waals surface area (Å²) in [6.07, 6.45) is 5.39. The second kappa shape index (κ2) is 7.43. The molecule has 1 unspecified atom stereocenters. The number of pyridine rings is 1. The number of aromatic nitrogens is 3. The molecule has 2 aromatic heterocycles. The van der Waals surface area contributed by atoms with Gasteiger partial charge in [0.1, 0.15) is 0 Å². The van der Waals surface area contributed by atoms with Crippen LogP contribution in [0.4, 0.5) is 0 Å². The van der Waals surface area contributed by atoms with E-state index in [1.54, 1.807) is 13.3 Å². The summed E-state index contributed by atoms with van der Waals surface area (Å²) in [4.78, 5) is 4.25. The van der Waals surface area contributed by atoms with Crippen molar-refractivity contribution >= 4 is 11.6 Å². The fourth-order valence-corrected chi connectivity index (χ4v) is 2.58. The van der Waals surface area contributed by atoms with Gasteiger partial charge in [0, 0.05) is 19.3 Å². The van der Waals surface area contributed by atoms with Crippen molar-refractivity contribution in [3.8, 4) is 5.88 Å². The number of ether oxygens (including phenoxy) is 1. The van der Waals surface area contributed by atoms with Crippen molar-refractivity contribution in [1.29, 1.82) is 0 Å². The van der Waals surface area contributed by atoms with E-state index in [1.165, 1.54) is 0 Å². The standard InChI is InChI=1S/C15H21ClN4O/c1-4-7-17-13(15-12(16)10-19-20(15)2)8-11-5-6-14(21-3)18-9-11/h5-6,9-10,13,17H,4,7-8H2,1-3H3. The molecule has 2 aromatic rings. The highest BCUT2D eigenvalue weighted by molar-refractivity contribution is 6.31. The number of methoxy groups -OCH3 is 1. The minimum atomic E-state index is 0.111. The number of hydrogen-bond acceptors (Lipinski definition) is 4. The first kappa shape index (κ1) is 15.8. The van der Waals surface area contributed by atoms with Gasteiger partial charge in [0.15, 0.2) is 0 Å². The molecule has 0 aliphatic carbocycles. The molecule has 0 aliphatic heterocycles. The smallest absolute Gasteiger partial charge is 0.212 e. The number of nitrogens with one attached hydrogen (secondary N) is 1. The number of hydrogen-bond donors (Lipinski definition) is 1. The fourth-order valence-electron chi connectivity index (χ4n) is 2.28. The molecule has 0 radical (unpaired) electrons. The number of halogens is 1. The second-order valence-corrected chi connectivity index (χ2v) is 5.33. The number of rotatable bonds is 7. The van der Waals surface area contributed by atoms with E-state index in [0.717, 1.165) is 30.6 Å². The Balaban J connectivity index is 2.19. The molecule has 2 heterocycles. The van der Waals surface area contributed by atoms with Crippen LogP contribution in [0.2, 0.25) is 5.02 Å². The summed E-state index contributed by atoms with van der Waals surface area (Å²) in [6, 6.07) is 4.01. The third-order valence-corrected chi connectivity index (χ3v) is 3.65. The molecule has 5 nitrogen and oxygen atoms in total. The van der Waals surface area contributed by atoms with E-state index < -0.39 is 0 Å². The summed E-state index contributed by atoms with van der Waals surface area (Å²) < 4.78 is 6.91. The molecule has 1 atom stereocenters. The first-order chi connectivity index (χ1) is 10.2. The van der Waals surface area contributed by atoms with Crippen molar-refractivity contribution < 1.29 is 4.74 Å². The van der Waals surface area contributed by atoms with Gasteiger partial charge in [-0.15, -0.1) is 0 Å². The molecule has 0 bridgehead atoms. The summed E-state index contributed by atoms with van der Waals surface area (Å²) in [5, 5.41) is 8.44. The largest absolute Gasteiger partial charge is 0.481 e. The molecule has 6 heteroatoms. The lowest BCUT2D eigenvalue weighted by molar-refractivity contribution is 0.397. The topological polar surface area (TPSA) is 52.0 Å². The SMILES string of the molecule is CCCNC(Cc1ccc(OC)nc1)c1c(Cl)cnn1C. The molecular weight excluding hydrogens is 288 g/mol. The summed E-state index contributed by atoms with van der Waals surface area (Å²) in [5.41, 5.74) is 2.13. The van der Waals surface area contributed by atoms with Crippen LogP contribution in [0.15, 0.2) is 24.5 Å². The summed E-state index contributed by atoms with van der Waals surface area (Å²) in [6.45, 7) is 3.07. The lowest BCUT2D eigenvalue weighted by Gasteiger charge is -2.19. The summed E-state index contributed by atoms with van der Waals surface area (Å²) >= 11 is 6.27. The molecule has 21 heavy (non-hydrogen) atoms. The van der Waals surface area contributed by atoms with Crippen LogP contribution in [0.5, 0.6) is 5.88 Å². The second-order valence-electron chi connectivity index (χ2n) is 4.92. The monoisotopic (exact) mass is 308 g/mol. The van der Waals surface area contributed by atoms with Gasteiger partial charge in [-0.3, -0.25) is 4.68 Å². The lowest BCUT2D eigenvalue weighted by Crippen LogP contribution is -2.26. The molecule has 0 amide bonds. The van der Waals surface area contributed by atoms with Gasteiger partial charge in [-0.1, -0.05) is 24.6 Å². The van der Waals surface area contributed by atoms with E-state index in [2.05, 4.69) is 22.3 Å². The maximum atomic E-state index is 6.27. The number of nitrogens with zero attached hydrogens (tertiary/aromatic N) is 3. The van der Waals surface area contributed by atoms with E-state index in [1.807, 2.05) is 30.1 Å². The van der Waals surface area contributed by atoms with Gasteiger partial charge in [-0.25, -0.2) is 4.98 Å². The third kappa shape index (κ3) is 3.95. The van der Waals surface area contributed by atoms with Crippen LogP contribution in [0.1, 0.15) is 30.6 Å². The van der Waals surface area contributed by atoms with Crippen LogP contribution >= 0.6 is 11.6 Å². The molecule has 0 saturated carbocycles. The van der Waals surface area contributed by atoms with Crippen LogP contribution in [0, 0.1) is 0 Å². The zero-order valence-electron chi connectivity index (χ0n) is 12.6. The maximum absolute atomic E-state index is 6.27. The van der Waals surface area contributed by atoms with Crippen molar-refractivity contribution in [3.63, 3.8) is 0 Å². The third-order valence-electron chi connectivity index (χ3n) is 3.35. The molecule has 0 spiro atoms. The fraction of sp³-hybridized carbons (Fsp3) is 0.467. The van der Waals surface area contributed by atoms with Gasteiger partial charge >= 0.3 is 0 Å². The average molecular weight is 309 g/mol. The van der Waals surface area contributed by atoms with Gasteiger partial charge in [0.2, 0.25) is 5.88 Å². The highest BCUT2D eigenvalue weighted by atomic mass is 35.5. The van der Waals surface area contributed by atoms with Crippen molar-refractivity contribution in [3.05, 3.63) is 40.8 Å². The Hall–Kier alpha value is -1.59. The van der Waals surface area contributed by atoms with E-state index in [0.29, 0.717) is 10.9 Å². The first-order valence-electron chi connectivity index (χ1n) is 7.05. The van der Waals surface area contributed by atoms with Gasteiger partial charge in [-0.05, 0) is 24.9 Å². The summed E-state index contributed by atoms with van der Waals surface area (Å²) in [7, 11) is 3.52. The predicted molar refractivity (Wildman–Crippen MR) is 83.7 cm³/mol.